The van der Waals surface area contributed by atoms with Gasteiger partial charge in [0.25, 0.3) is 0 Å². The van der Waals surface area contributed by atoms with E-state index >= 15 is 0 Å². The normalized spacial score (nSPS) is 30.9. The minimum absolute atomic E-state index is 0.691. The van der Waals surface area contributed by atoms with E-state index in [2.05, 4.69) is 30.7 Å². The Morgan fingerprint density at radius 1 is 1.14 bits per heavy atom. The summed E-state index contributed by atoms with van der Waals surface area (Å²) in [5.41, 5.74) is 5.49. The lowest BCUT2D eigenvalue weighted by Gasteiger charge is -2.42. The van der Waals surface area contributed by atoms with Gasteiger partial charge in [0.05, 0.1) is 0 Å². The van der Waals surface area contributed by atoms with E-state index in [1.165, 1.54) is 26.1 Å². The lowest BCUT2D eigenvalue weighted by atomic mass is 10.1. The SMILES string of the molecule is CC1CN(CCCCN)CC(C)N1C. The van der Waals surface area contributed by atoms with Crippen molar-refractivity contribution in [2.45, 2.75) is 38.8 Å². The summed E-state index contributed by atoms with van der Waals surface area (Å²) in [6.45, 7) is 9.10. The van der Waals surface area contributed by atoms with Gasteiger partial charge in [0.15, 0.2) is 0 Å². The summed E-state index contributed by atoms with van der Waals surface area (Å²) >= 11 is 0. The van der Waals surface area contributed by atoms with Gasteiger partial charge in [-0.25, -0.2) is 0 Å². The highest BCUT2D eigenvalue weighted by Crippen LogP contribution is 2.13. The minimum atomic E-state index is 0.691. The van der Waals surface area contributed by atoms with Crippen molar-refractivity contribution in [3.63, 3.8) is 0 Å². The van der Waals surface area contributed by atoms with Gasteiger partial charge >= 0.3 is 0 Å². The third-order valence-electron chi connectivity index (χ3n) is 3.36. The van der Waals surface area contributed by atoms with Crippen LogP contribution in [-0.2, 0) is 0 Å². The average Bonchev–Trinajstić information content (AvgIpc) is 2.14. The summed E-state index contributed by atoms with van der Waals surface area (Å²) in [6, 6.07) is 1.38. The third kappa shape index (κ3) is 3.23. The standard InChI is InChI=1S/C11H25N3/c1-10-8-14(7-5-4-6-12)9-11(2)13(10)3/h10-11H,4-9,12H2,1-3H3. The quantitative estimate of drug-likeness (QED) is 0.678. The number of hydrogen-bond donors (Lipinski definition) is 1. The van der Waals surface area contributed by atoms with E-state index in [0.29, 0.717) is 12.1 Å². The molecule has 0 saturated carbocycles. The van der Waals surface area contributed by atoms with Crippen LogP contribution in [-0.4, -0.2) is 55.1 Å². The molecule has 1 rings (SSSR count). The van der Waals surface area contributed by atoms with Crippen LogP contribution in [0.2, 0.25) is 0 Å². The van der Waals surface area contributed by atoms with Crippen molar-refractivity contribution < 1.29 is 0 Å². The molecule has 3 nitrogen and oxygen atoms in total. The summed E-state index contributed by atoms with van der Waals surface area (Å²) in [6.07, 6.45) is 2.41. The van der Waals surface area contributed by atoms with Crippen LogP contribution < -0.4 is 5.73 Å². The lowest BCUT2D eigenvalue weighted by Crippen LogP contribution is -2.54. The zero-order chi connectivity index (χ0) is 10.6. The van der Waals surface area contributed by atoms with Gasteiger partial charge < -0.3 is 10.6 Å². The molecular formula is C11H25N3. The van der Waals surface area contributed by atoms with Crippen molar-refractivity contribution in [3.05, 3.63) is 0 Å². The summed E-state index contributed by atoms with van der Waals surface area (Å²) in [5, 5.41) is 0. The largest absolute Gasteiger partial charge is 0.330 e. The van der Waals surface area contributed by atoms with Gasteiger partial charge in [0.2, 0.25) is 0 Å². The summed E-state index contributed by atoms with van der Waals surface area (Å²) in [4.78, 5) is 5.05. The predicted octanol–water partition coefficient (Wildman–Crippen LogP) is 0.750. The maximum Gasteiger partial charge on any atom is 0.0195 e. The van der Waals surface area contributed by atoms with E-state index in [4.69, 9.17) is 5.73 Å². The van der Waals surface area contributed by atoms with Crippen LogP contribution in [0, 0.1) is 0 Å². The Labute approximate surface area is 88.2 Å². The number of nitrogens with two attached hydrogens (primary N) is 1. The number of rotatable bonds is 4. The third-order valence-corrected chi connectivity index (χ3v) is 3.36. The molecule has 1 aliphatic rings. The minimum Gasteiger partial charge on any atom is -0.330 e. The van der Waals surface area contributed by atoms with Gasteiger partial charge in [0.1, 0.15) is 0 Å². The average molecular weight is 199 g/mol. The fourth-order valence-electron chi connectivity index (χ4n) is 2.18. The van der Waals surface area contributed by atoms with Crippen LogP contribution in [0.4, 0.5) is 0 Å². The van der Waals surface area contributed by atoms with Gasteiger partial charge in [0, 0.05) is 25.2 Å². The zero-order valence-electron chi connectivity index (χ0n) is 9.87. The number of nitrogens with zero attached hydrogens (tertiary/aromatic N) is 2. The van der Waals surface area contributed by atoms with Crippen molar-refractivity contribution in [1.82, 2.24) is 9.80 Å². The number of hydrogen-bond acceptors (Lipinski definition) is 3. The Bertz CT molecular complexity index is 149. The molecule has 0 radical (unpaired) electrons. The predicted molar refractivity (Wildman–Crippen MR) is 61.4 cm³/mol. The fourth-order valence-corrected chi connectivity index (χ4v) is 2.18. The van der Waals surface area contributed by atoms with Crippen molar-refractivity contribution in [3.8, 4) is 0 Å². The van der Waals surface area contributed by atoms with Crippen molar-refractivity contribution in [2.24, 2.45) is 5.73 Å². The molecule has 1 saturated heterocycles. The topological polar surface area (TPSA) is 32.5 Å². The van der Waals surface area contributed by atoms with E-state index in [9.17, 15) is 0 Å². The van der Waals surface area contributed by atoms with E-state index in [-0.39, 0.29) is 0 Å². The second-order valence-corrected chi connectivity index (χ2v) is 4.62. The zero-order valence-corrected chi connectivity index (χ0v) is 9.87. The first kappa shape index (κ1) is 12.0. The molecule has 1 heterocycles. The summed E-state index contributed by atoms with van der Waals surface area (Å²) in [5.74, 6) is 0. The van der Waals surface area contributed by atoms with Crippen molar-refractivity contribution in [1.29, 1.82) is 0 Å². The maximum absolute atomic E-state index is 5.49. The molecule has 0 bridgehead atoms. The van der Waals surface area contributed by atoms with Crippen LogP contribution in [0.15, 0.2) is 0 Å². The first-order chi connectivity index (χ1) is 6.65. The summed E-state index contributed by atoms with van der Waals surface area (Å²) in [7, 11) is 2.23. The molecule has 2 unspecified atom stereocenters. The van der Waals surface area contributed by atoms with Crippen molar-refractivity contribution >= 4 is 0 Å². The van der Waals surface area contributed by atoms with E-state index in [1.54, 1.807) is 0 Å². The molecule has 0 aromatic carbocycles. The number of unbranched alkanes of at least 4 members (excludes halogenated alkanes) is 1. The smallest absolute Gasteiger partial charge is 0.0195 e. The van der Waals surface area contributed by atoms with Crippen molar-refractivity contribution in [2.75, 3.05) is 33.2 Å². The first-order valence-corrected chi connectivity index (χ1v) is 5.79. The summed E-state index contributed by atoms with van der Waals surface area (Å²) < 4.78 is 0. The van der Waals surface area contributed by atoms with Crippen LogP contribution >= 0.6 is 0 Å². The second-order valence-electron chi connectivity index (χ2n) is 4.62. The van der Waals surface area contributed by atoms with Gasteiger partial charge in [-0.2, -0.15) is 0 Å². The second kappa shape index (κ2) is 5.69. The molecule has 84 valence electrons. The molecule has 0 aromatic rings. The van der Waals surface area contributed by atoms with E-state index in [0.717, 1.165) is 13.0 Å². The monoisotopic (exact) mass is 199 g/mol. The Morgan fingerprint density at radius 2 is 1.71 bits per heavy atom. The number of piperazine rings is 1. The Kier molecular flexibility index (Phi) is 4.85. The molecule has 1 fully saturated rings. The molecule has 0 aromatic heterocycles. The lowest BCUT2D eigenvalue weighted by molar-refractivity contribution is 0.0593. The Hall–Kier alpha value is -0.120. The highest BCUT2D eigenvalue weighted by atomic mass is 15.3. The molecule has 0 amide bonds. The molecular weight excluding hydrogens is 174 g/mol. The molecule has 14 heavy (non-hydrogen) atoms. The van der Waals surface area contributed by atoms with Gasteiger partial charge in [-0.05, 0) is 46.8 Å². The Morgan fingerprint density at radius 3 is 2.21 bits per heavy atom. The maximum atomic E-state index is 5.49. The van der Waals surface area contributed by atoms with Crippen LogP contribution in [0.1, 0.15) is 26.7 Å². The highest BCUT2D eigenvalue weighted by Gasteiger charge is 2.25. The molecule has 3 heteroatoms. The van der Waals surface area contributed by atoms with Crippen LogP contribution in [0.25, 0.3) is 0 Å². The van der Waals surface area contributed by atoms with Gasteiger partial charge in [-0.3, -0.25) is 4.90 Å². The van der Waals surface area contributed by atoms with Gasteiger partial charge in [-0.1, -0.05) is 0 Å². The van der Waals surface area contributed by atoms with Crippen LogP contribution in [0.3, 0.4) is 0 Å². The molecule has 2 N–H and O–H groups in total. The fraction of sp³-hybridized carbons (Fsp3) is 1.00. The Balaban J connectivity index is 2.27. The molecule has 2 atom stereocenters. The van der Waals surface area contributed by atoms with E-state index < -0.39 is 0 Å². The highest BCUT2D eigenvalue weighted by molar-refractivity contribution is 4.82. The van der Waals surface area contributed by atoms with Crippen LogP contribution in [0.5, 0.6) is 0 Å². The van der Waals surface area contributed by atoms with E-state index in [1.807, 2.05) is 0 Å². The molecule has 0 spiro atoms. The first-order valence-electron chi connectivity index (χ1n) is 5.79. The van der Waals surface area contributed by atoms with Gasteiger partial charge in [-0.15, -0.1) is 0 Å². The molecule has 1 aliphatic heterocycles. The number of likely N-dealkylation sites (N-methyl/N-ethyl adjacent to an activating group) is 1. The molecule has 0 aliphatic carbocycles.